The van der Waals surface area contributed by atoms with Gasteiger partial charge in [-0.3, -0.25) is 4.57 Å². The van der Waals surface area contributed by atoms with Crippen molar-refractivity contribution in [2.24, 2.45) is 0 Å². The SMILES string of the molecule is O=P([O-])(O)F.[Cl-].[K+].[Na+]. The van der Waals surface area contributed by atoms with Crippen LogP contribution < -0.4 is 98.2 Å². The summed E-state index contributed by atoms with van der Waals surface area (Å²) in [5.41, 5.74) is 0. The molecule has 0 amide bonds. The molecule has 0 aliphatic carbocycles. The Labute approximate surface area is 117 Å². The van der Waals surface area contributed by atoms with E-state index in [4.69, 9.17) is 14.4 Å². The third-order valence-corrected chi connectivity index (χ3v) is 0. The molecule has 1 unspecified atom stereocenters. The minimum absolute atomic E-state index is 0. The molecule has 0 radical (unpaired) electrons. The molecule has 40 valence electrons. The second-order valence-corrected chi connectivity index (χ2v) is 1.35. The summed E-state index contributed by atoms with van der Waals surface area (Å²) >= 11 is 0. The summed E-state index contributed by atoms with van der Waals surface area (Å²) < 4.78 is 18.8. The molecule has 0 heterocycles. The van der Waals surface area contributed by atoms with Crippen LogP contribution in [0.3, 0.4) is 0 Å². The Morgan fingerprint density at radius 2 is 1.62 bits per heavy atom. The monoisotopic (exact) mass is 196 g/mol. The second kappa shape index (κ2) is 10.0. The third-order valence-electron chi connectivity index (χ3n) is 0. The van der Waals surface area contributed by atoms with E-state index in [1.54, 1.807) is 0 Å². The summed E-state index contributed by atoms with van der Waals surface area (Å²) in [5, 5.41) is 0. The largest absolute Gasteiger partial charge is 1.00 e. The maximum atomic E-state index is 10.2. The molecule has 8 heavy (non-hydrogen) atoms. The Morgan fingerprint density at radius 1 is 1.62 bits per heavy atom. The Morgan fingerprint density at radius 3 is 1.62 bits per heavy atom. The predicted octanol–water partition coefficient (Wildman–Crippen LogP) is -9.57. The molecule has 0 aromatic rings. The smallest absolute Gasteiger partial charge is 1.00 e. The van der Waals surface area contributed by atoms with Crippen LogP contribution in [0, 0.1) is 0 Å². The van der Waals surface area contributed by atoms with Gasteiger partial charge >= 0.3 is 88.8 Å². The van der Waals surface area contributed by atoms with Gasteiger partial charge < -0.3 is 22.2 Å². The van der Waals surface area contributed by atoms with Crippen LogP contribution in [0.4, 0.5) is 4.20 Å². The quantitative estimate of drug-likeness (QED) is 0.309. The van der Waals surface area contributed by atoms with E-state index in [-0.39, 0.29) is 93.3 Å². The van der Waals surface area contributed by atoms with Crippen LogP contribution in [0.1, 0.15) is 0 Å². The first kappa shape index (κ1) is 22.4. The van der Waals surface area contributed by atoms with Crippen molar-refractivity contribution in [3.8, 4) is 0 Å². The molecule has 0 aromatic heterocycles. The van der Waals surface area contributed by atoms with Crippen LogP contribution in [0.15, 0.2) is 0 Å². The van der Waals surface area contributed by atoms with Gasteiger partial charge in [-0.15, -0.1) is 0 Å². The van der Waals surface area contributed by atoms with E-state index in [0.717, 1.165) is 0 Å². The first-order valence-electron chi connectivity index (χ1n) is 0.734. The van der Waals surface area contributed by atoms with Gasteiger partial charge in [-0.05, 0) is 0 Å². The zero-order chi connectivity index (χ0) is 4.50. The average Bonchev–Trinajstić information content (AvgIpc) is 0.722. The minimum Gasteiger partial charge on any atom is -1.00 e. The van der Waals surface area contributed by atoms with Crippen molar-refractivity contribution in [1.82, 2.24) is 0 Å². The molecule has 0 rings (SSSR count). The van der Waals surface area contributed by atoms with Gasteiger partial charge in [-0.25, -0.2) is 0 Å². The van der Waals surface area contributed by atoms with Gasteiger partial charge in [0.25, 0.3) is 0 Å². The molecule has 0 saturated heterocycles. The van der Waals surface area contributed by atoms with E-state index in [2.05, 4.69) is 0 Å². The zero-order valence-corrected chi connectivity index (χ0v) is 11.2. The summed E-state index contributed by atoms with van der Waals surface area (Å²) in [5.74, 6) is 0. The number of hydrogen-bond acceptors (Lipinski definition) is 2. The molecule has 0 spiro atoms. The molecular formula is HClFKNaO3P. The van der Waals surface area contributed by atoms with E-state index in [0.29, 0.717) is 0 Å². The van der Waals surface area contributed by atoms with Crippen LogP contribution in [-0.2, 0) is 4.57 Å². The number of hydrogen-bond donors (Lipinski definition) is 1. The van der Waals surface area contributed by atoms with Crippen molar-refractivity contribution in [3.63, 3.8) is 0 Å². The van der Waals surface area contributed by atoms with Gasteiger partial charge in [0.15, 0.2) is 0 Å². The van der Waals surface area contributed by atoms with Gasteiger partial charge in [0.05, 0.1) is 0 Å². The molecule has 0 aromatic carbocycles. The number of rotatable bonds is 0. The fraction of sp³-hybridized carbons (Fsp3) is 0. The average molecular weight is 197 g/mol. The minimum atomic E-state index is -5.39. The molecule has 0 bridgehead atoms. The summed E-state index contributed by atoms with van der Waals surface area (Å²) in [6.07, 6.45) is 0. The normalized spacial score (nSPS) is 13.4. The van der Waals surface area contributed by atoms with Crippen LogP contribution in [0.25, 0.3) is 0 Å². The molecule has 1 N–H and O–H groups in total. The van der Waals surface area contributed by atoms with E-state index in [1.807, 2.05) is 0 Å². The standard InChI is InChI=1S/ClH.FH2O3P.K.Na/c;1-5(2,3)4;;/h1H;(H2,2,3,4);;/q;;2*+1/p-2. The second-order valence-electron chi connectivity index (χ2n) is 0.451. The molecule has 3 nitrogen and oxygen atoms in total. The topological polar surface area (TPSA) is 60.4 Å². The van der Waals surface area contributed by atoms with Crippen molar-refractivity contribution >= 4 is 7.91 Å². The summed E-state index contributed by atoms with van der Waals surface area (Å²) in [6.45, 7) is 0. The van der Waals surface area contributed by atoms with Gasteiger partial charge in [-0.1, -0.05) is 0 Å². The third kappa shape index (κ3) is 63.9. The van der Waals surface area contributed by atoms with Crippen LogP contribution in [0.5, 0.6) is 0 Å². The molecule has 0 saturated carbocycles. The first-order chi connectivity index (χ1) is 2.00. The van der Waals surface area contributed by atoms with E-state index >= 15 is 0 Å². The van der Waals surface area contributed by atoms with Crippen molar-refractivity contribution in [3.05, 3.63) is 0 Å². The molecule has 8 heteroatoms. The molecule has 1 atom stereocenters. The van der Waals surface area contributed by atoms with E-state index in [9.17, 15) is 4.20 Å². The summed E-state index contributed by atoms with van der Waals surface area (Å²) in [6, 6.07) is 0. The van der Waals surface area contributed by atoms with Crippen LogP contribution in [-0.4, -0.2) is 4.89 Å². The summed E-state index contributed by atoms with van der Waals surface area (Å²) in [4.78, 5) is 15.4. The fourth-order valence-corrected chi connectivity index (χ4v) is 0. The Balaban J connectivity index is -0.0000000267. The number of halogens is 2. The van der Waals surface area contributed by atoms with E-state index < -0.39 is 7.91 Å². The Kier molecular flexibility index (Phi) is 28.1. The zero-order valence-electron chi connectivity index (χ0n) is 4.47. The van der Waals surface area contributed by atoms with E-state index in [1.165, 1.54) is 0 Å². The predicted molar refractivity (Wildman–Crippen MR) is 10.9 cm³/mol. The van der Waals surface area contributed by atoms with Crippen molar-refractivity contribution in [1.29, 1.82) is 0 Å². The first-order valence-corrected chi connectivity index (χ1v) is 2.20. The van der Waals surface area contributed by atoms with Gasteiger partial charge in [0.1, 0.15) is 0 Å². The van der Waals surface area contributed by atoms with Crippen LogP contribution >= 0.6 is 7.91 Å². The van der Waals surface area contributed by atoms with Crippen LogP contribution in [0.2, 0.25) is 0 Å². The fourth-order valence-electron chi connectivity index (χ4n) is 0. The Bertz CT molecular complexity index is 65.4. The van der Waals surface area contributed by atoms with Crippen molar-refractivity contribution in [2.45, 2.75) is 0 Å². The molecular weight excluding hydrogens is 196 g/mol. The Hall–Kier alpha value is 3.01. The maximum absolute atomic E-state index is 10.2. The van der Waals surface area contributed by atoms with Gasteiger partial charge in [-0.2, -0.15) is 4.20 Å². The molecule has 0 aliphatic heterocycles. The summed E-state index contributed by atoms with van der Waals surface area (Å²) in [7, 11) is -5.39. The molecule has 0 aliphatic rings. The van der Waals surface area contributed by atoms with Gasteiger partial charge in [0, 0.05) is 0 Å². The van der Waals surface area contributed by atoms with Crippen molar-refractivity contribution < 1.29 is 112 Å². The molecule has 0 fully saturated rings. The van der Waals surface area contributed by atoms with Crippen molar-refractivity contribution in [2.75, 3.05) is 0 Å². The van der Waals surface area contributed by atoms with Gasteiger partial charge in [0.2, 0.25) is 0 Å². The maximum Gasteiger partial charge on any atom is 1.00 e.